The summed E-state index contributed by atoms with van der Waals surface area (Å²) in [5.41, 5.74) is 9.59. The monoisotopic (exact) mass is 466 g/mol. The lowest BCUT2D eigenvalue weighted by Crippen LogP contribution is -2.40. The van der Waals surface area contributed by atoms with E-state index >= 15 is 4.39 Å². The van der Waals surface area contributed by atoms with Crippen molar-refractivity contribution < 1.29 is 9.18 Å². The number of benzene rings is 2. The molecule has 2 aromatic carbocycles. The molecule has 0 saturated carbocycles. The van der Waals surface area contributed by atoms with Crippen LogP contribution in [0.25, 0.3) is 0 Å². The predicted octanol–water partition coefficient (Wildman–Crippen LogP) is 5.35. The lowest BCUT2D eigenvalue weighted by Gasteiger charge is -2.43. The topological polar surface area (TPSA) is 82.5 Å². The molecule has 0 radical (unpaired) electrons. The fourth-order valence-electron chi connectivity index (χ4n) is 5.26. The first kappa shape index (κ1) is 20.6. The maximum Gasteiger partial charge on any atom is 0.162 e. The molecule has 6 rings (SSSR count). The van der Waals surface area contributed by atoms with Crippen molar-refractivity contribution >= 4 is 28.6 Å². The number of ketones is 1. The average Bonchev–Trinajstić information content (AvgIpc) is 3.39. The number of thiophene rings is 1. The number of hydrogen-bond acceptors (Lipinski definition) is 6. The molecule has 3 aliphatic rings. The number of fused-ring (bicyclic) bond motifs is 4. The third kappa shape index (κ3) is 2.96. The normalized spacial score (nSPS) is 21.5. The van der Waals surface area contributed by atoms with Gasteiger partial charge in [0, 0.05) is 39.6 Å². The van der Waals surface area contributed by atoms with Crippen LogP contribution in [-0.4, -0.2) is 11.6 Å². The number of allylic oxidation sites excluding steroid dienone is 3. The largest absolute Gasteiger partial charge is 0.383 e. The Bertz CT molecular complexity index is 1480. The van der Waals surface area contributed by atoms with E-state index in [1.165, 1.54) is 6.07 Å². The summed E-state index contributed by atoms with van der Waals surface area (Å²) in [6, 6.07) is 20.2. The Morgan fingerprint density at radius 3 is 2.65 bits per heavy atom. The zero-order chi connectivity index (χ0) is 23.4. The maximum atomic E-state index is 15.1. The third-order valence-electron chi connectivity index (χ3n) is 6.71. The summed E-state index contributed by atoms with van der Waals surface area (Å²) in [5.74, 6) is -0.686. The fourth-order valence-corrected chi connectivity index (χ4v) is 6.09. The van der Waals surface area contributed by atoms with Gasteiger partial charge in [-0.3, -0.25) is 9.69 Å². The number of anilines is 1. The molecule has 2 unspecified atom stereocenters. The molecule has 2 N–H and O–H groups in total. The van der Waals surface area contributed by atoms with Crippen LogP contribution in [0, 0.1) is 17.1 Å². The second-order valence-electron chi connectivity index (χ2n) is 8.56. The fraction of sp³-hybridized carbons (Fsp3) is 0.148. The molecule has 3 heterocycles. The quantitative estimate of drug-likeness (QED) is 0.552. The van der Waals surface area contributed by atoms with E-state index in [0.29, 0.717) is 35.6 Å². The van der Waals surface area contributed by atoms with E-state index in [-0.39, 0.29) is 17.3 Å². The van der Waals surface area contributed by atoms with Gasteiger partial charge in [0.05, 0.1) is 23.2 Å². The number of hydrogen-bond donors (Lipinski definition) is 1. The minimum atomic E-state index is -0.828. The first-order chi connectivity index (χ1) is 16.6. The van der Waals surface area contributed by atoms with Gasteiger partial charge in [-0.15, -0.1) is 11.3 Å². The third-order valence-corrected chi connectivity index (χ3v) is 7.75. The van der Waals surface area contributed by atoms with Gasteiger partial charge in [0.1, 0.15) is 11.7 Å². The van der Waals surface area contributed by atoms with Gasteiger partial charge in [-0.25, -0.2) is 9.38 Å². The molecular weight excluding hydrogens is 447 g/mol. The Kier molecular flexibility index (Phi) is 4.71. The molecule has 7 heteroatoms. The van der Waals surface area contributed by atoms with Crippen molar-refractivity contribution in [2.24, 2.45) is 10.7 Å². The van der Waals surface area contributed by atoms with Crippen LogP contribution in [0.2, 0.25) is 0 Å². The number of halogens is 1. The zero-order valence-corrected chi connectivity index (χ0v) is 18.8. The van der Waals surface area contributed by atoms with Gasteiger partial charge < -0.3 is 5.73 Å². The Morgan fingerprint density at radius 1 is 1.09 bits per heavy atom. The number of aliphatic imine (C=N–C) groups is 1. The molecule has 0 bridgehead atoms. The molecule has 2 aliphatic heterocycles. The summed E-state index contributed by atoms with van der Waals surface area (Å²) >= 11 is 1.63. The minimum absolute atomic E-state index is 0.00724. The highest BCUT2D eigenvalue weighted by atomic mass is 32.1. The number of carbonyl (C=O) groups is 1. The van der Waals surface area contributed by atoms with Crippen molar-refractivity contribution in [1.29, 1.82) is 5.26 Å². The number of nitrogens with zero attached hydrogens (tertiary/aromatic N) is 3. The van der Waals surface area contributed by atoms with Gasteiger partial charge >= 0.3 is 0 Å². The molecule has 34 heavy (non-hydrogen) atoms. The van der Waals surface area contributed by atoms with Gasteiger partial charge in [0.15, 0.2) is 11.6 Å². The Morgan fingerprint density at radius 2 is 1.88 bits per heavy atom. The summed E-state index contributed by atoms with van der Waals surface area (Å²) < 4.78 is 15.1. The standard InChI is InChI=1S/C27H19FN4OS/c28-19-8-3-1-6-16(19)24-18(14-29)27-31-26(30)17-7-2-4-9-20(17)32(27)21-12-15(13-22(33)25(21)24)23-10-5-11-34-23/h1-11,15,24H,12-13H2,(H2,30,31). The molecule has 5 nitrogen and oxygen atoms in total. The number of carbonyl (C=O) groups excluding carboxylic acids is 1. The smallest absolute Gasteiger partial charge is 0.162 e. The van der Waals surface area contributed by atoms with Crippen molar-refractivity contribution in [1.82, 2.24) is 0 Å². The highest BCUT2D eigenvalue weighted by Gasteiger charge is 2.45. The van der Waals surface area contributed by atoms with Crippen LogP contribution in [-0.2, 0) is 4.79 Å². The number of para-hydroxylation sites is 1. The number of Topliss-reactive ketones (excluding diaryl/α,β-unsaturated/α-hetero) is 1. The van der Waals surface area contributed by atoms with Gasteiger partial charge in [-0.1, -0.05) is 36.4 Å². The van der Waals surface area contributed by atoms with E-state index in [0.717, 1.165) is 21.8 Å². The second-order valence-corrected chi connectivity index (χ2v) is 9.54. The van der Waals surface area contributed by atoms with Gasteiger partial charge in [-0.2, -0.15) is 5.26 Å². The van der Waals surface area contributed by atoms with Crippen LogP contribution < -0.4 is 10.6 Å². The highest BCUT2D eigenvalue weighted by Crippen LogP contribution is 2.52. The summed E-state index contributed by atoms with van der Waals surface area (Å²) in [6.07, 6.45) is 0.901. The van der Waals surface area contributed by atoms with E-state index in [1.807, 2.05) is 46.7 Å². The molecule has 166 valence electrons. The number of amidine groups is 1. The van der Waals surface area contributed by atoms with Crippen molar-refractivity contribution in [3.8, 4) is 6.07 Å². The van der Waals surface area contributed by atoms with Gasteiger partial charge in [0.25, 0.3) is 0 Å². The van der Waals surface area contributed by atoms with E-state index < -0.39 is 11.7 Å². The van der Waals surface area contributed by atoms with Crippen LogP contribution in [0.3, 0.4) is 0 Å². The molecule has 0 saturated heterocycles. The molecule has 1 aliphatic carbocycles. The lowest BCUT2D eigenvalue weighted by atomic mass is 9.72. The van der Waals surface area contributed by atoms with Crippen molar-refractivity contribution in [3.63, 3.8) is 0 Å². The van der Waals surface area contributed by atoms with Crippen molar-refractivity contribution in [3.05, 3.63) is 111 Å². The summed E-state index contributed by atoms with van der Waals surface area (Å²) in [5, 5.41) is 12.3. The van der Waals surface area contributed by atoms with Gasteiger partial charge in [-0.05, 0) is 36.1 Å². The number of nitrogens with two attached hydrogens (primary N) is 1. The summed E-state index contributed by atoms with van der Waals surface area (Å²) in [6.45, 7) is 0. The molecule has 0 amide bonds. The molecule has 0 fully saturated rings. The summed E-state index contributed by atoms with van der Waals surface area (Å²) in [4.78, 5) is 21.4. The zero-order valence-electron chi connectivity index (χ0n) is 18.0. The molecular formula is C27H19FN4OS. The van der Waals surface area contributed by atoms with Crippen molar-refractivity contribution in [2.45, 2.75) is 24.7 Å². The predicted molar refractivity (Wildman–Crippen MR) is 130 cm³/mol. The number of nitriles is 1. The van der Waals surface area contributed by atoms with E-state index in [9.17, 15) is 10.1 Å². The first-order valence-corrected chi connectivity index (χ1v) is 11.9. The van der Waals surface area contributed by atoms with Crippen LogP contribution >= 0.6 is 11.3 Å². The summed E-state index contributed by atoms with van der Waals surface area (Å²) in [7, 11) is 0. The Labute approximate surface area is 200 Å². The lowest BCUT2D eigenvalue weighted by molar-refractivity contribution is -0.116. The Hall–Kier alpha value is -4.02. The molecule has 2 atom stereocenters. The van der Waals surface area contributed by atoms with E-state index in [4.69, 9.17) is 5.73 Å². The van der Waals surface area contributed by atoms with E-state index in [1.54, 1.807) is 29.5 Å². The second kappa shape index (κ2) is 7.79. The van der Waals surface area contributed by atoms with Gasteiger partial charge in [0.2, 0.25) is 0 Å². The average molecular weight is 467 g/mol. The van der Waals surface area contributed by atoms with Crippen molar-refractivity contribution in [2.75, 3.05) is 4.90 Å². The van der Waals surface area contributed by atoms with Crippen LogP contribution in [0.1, 0.15) is 40.7 Å². The van der Waals surface area contributed by atoms with Crippen LogP contribution in [0.4, 0.5) is 10.1 Å². The molecule has 3 aromatic rings. The van der Waals surface area contributed by atoms with E-state index in [2.05, 4.69) is 11.1 Å². The minimum Gasteiger partial charge on any atom is -0.383 e. The first-order valence-electron chi connectivity index (χ1n) is 11.0. The molecule has 0 spiro atoms. The number of rotatable bonds is 2. The molecule has 1 aromatic heterocycles. The SMILES string of the molecule is N#CC1=C2N=C(N)c3ccccc3N2C2=C(C(=O)CC(c3cccs3)C2)C1c1ccccc1F. The Balaban J connectivity index is 1.65. The highest BCUT2D eigenvalue weighted by molar-refractivity contribution is 7.10. The van der Waals surface area contributed by atoms with Crippen LogP contribution in [0.5, 0.6) is 0 Å². The van der Waals surface area contributed by atoms with Crippen LogP contribution in [0.15, 0.2) is 93.7 Å². The maximum absolute atomic E-state index is 15.1.